The van der Waals surface area contributed by atoms with Crippen LogP contribution in [0, 0.1) is 40.4 Å². The molecule has 5 aliphatic rings. The van der Waals surface area contributed by atoms with Gasteiger partial charge in [0.05, 0.1) is 6.10 Å². The standard InChI is InChI=1S/C25H42O3/c1-24-12-10-19(28-23-5-3-4-14-27-23)15-17(24)6-8-20-21-9-7-18(16-26)25(21,2)13-11-22(20)24/h17-23,26H,3-16H2,1-2H3/t17-,18+,19+,20-,21-,22-,23+,24-,25+/m0/s1. The maximum absolute atomic E-state index is 9.94. The van der Waals surface area contributed by atoms with E-state index in [2.05, 4.69) is 13.8 Å². The largest absolute Gasteiger partial charge is 0.396 e. The summed E-state index contributed by atoms with van der Waals surface area (Å²) in [5.74, 6) is 4.09. The molecule has 9 atom stereocenters. The number of ether oxygens (including phenoxy) is 2. The second-order valence-electron chi connectivity index (χ2n) is 11.5. The van der Waals surface area contributed by atoms with Gasteiger partial charge in [-0.3, -0.25) is 0 Å². The van der Waals surface area contributed by atoms with Crippen LogP contribution < -0.4 is 0 Å². The predicted octanol–water partition coefficient (Wildman–Crippen LogP) is 5.55. The first kappa shape index (κ1) is 19.8. The highest BCUT2D eigenvalue weighted by Gasteiger charge is 2.60. The lowest BCUT2D eigenvalue weighted by Crippen LogP contribution is -2.54. The highest BCUT2D eigenvalue weighted by atomic mass is 16.7. The van der Waals surface area contributed by atoms with Crippen molar-refractivity contribution in [3.05, 3.63) is 0 Å². The Labute approximate surface area is 171 Å². The van der Waals surface area contributed by atoms with Gasteiger partial charge < -0.3 is 14.6 Å². The second-order valence-corrected chi connectivity index (χ2v) is 11.5. The number of rotatable bonds is 3. The summed E-state index contributed by atoms with van der Waals surface area (Å²) < 4.78 is 12.3. The third-order valence-corrected chi connectivity index (χ3v) is 10.5. The summed E-state index contributed by atoms with van der Waals surface area (Å²) in [5.41, 5.74) is 0.937. The van der Waals surface area contributed by atoms with Crippen molar-refractivity contribution in [1.82, 2.24) is 0 Å². The molecule has 0 aromatic rings. The Morgan fingerprint density at radius 1 is 0.893 bits per heavy atom. The van der Waals surface area contributed by atoms with Gasteiger partial charge >= 0.3 is 0 Å². The fourth-order valence-corrected chi connectivity index (χ4v) is 8.78. The van der Waals surface area contributed by atoms with Crippen molar-refractivity contribution in [3.8, 4) is 0 Å². The fraction of sp³-hybridized carbons (Fsp3) is 1.00. The molecule has 4 aliphatic carbocycles. The zero-order valence-corrected chi connectivity index (χ0v) is 18.2. The van der Waals surface area contributed by atoms with Crippen molar-refractivity contribution in [2.24, 2.45) is 40.4 Å². The van der Waals surface area contributed by atoms with E-state index in [1.165, 1.54) is 70.6 Å². The first-order valence-corrected chi connectivity index (χ1v) is 12.4. The number of hydrogen-bond acceptors (Lipinski definition) is 3. The van der Waals surface area contributed by atoms with E-state index in [9.17, 15) is 5.11 Å². The number of aliphatic hydroxyl groups excluding tert-OH is 1. The van der Waals surface area contributed by atoms with Crippen molar-refractivity contribution in [2.75, 3.05) is 13.2 Å². The molecular formula is C25H42O3. The lowest BCUT2D eigenvalue weighted by molar-refractivity contribution is -0.212. The van der Waals surface area contributed by atoms with Crippen molar-refractivity contribution in [1.29, 1.82) is 0 Å². The molecule has 5 fully saturated rings. The van der Waals surface area contributed by atoms with E-state index in [4.69, 9.17) is 9.47 Å². The first-order chi connectivity index (χ1) is 13.5. The van der Waals surface area contributed by atoms with Gasteiger partial charge in [0, 0.05) is 13.2 Å². The van der Waals surface area contributed by atoms with E-state index in [1.54, 1.807) is 0 Å². The van der Waals surface area contributed by atoms with E-state index < -0.39 is 0 Å². The molecule has 160 valence electrons. The quantitative estimate of drug-likeness (QED) is 0.642. The molecule has 3 heteroatoms. The molecule has 0 spiro atoms. The highest BCUT2D eigenvalue weighted by molar-refractivity contribution is 5.09. The summed E-state index contributed by atoms with van der Waals surface area (Å²) in [4.78, 5) is 0. The Hall–Kier alpha value is -0.120. The number of aliphatic hydroxyl groups is 1. The van der Waals surface area contributed by atoms with Crippen molar-refractivity contribution < 1.29 is 14.6 Å². The van der Waals surface area contributed by atoms with Crippen molar-refractivity contribution in [2.45, 2.75) is 103 Å². The number of fused-ring (bicyclic) bond motifs is 5. The first-order valence-electron chi connectivity index (χ1n) is 12.4. The van der Waals surface area contributed by atoms with Gasteiger partial charge in [-0.2, -0.15) is 0 Å². The molecule has 3 nitrogen and oxygen atoms in total. The van der Waals surface area contributed by atoms with E-state index in [0.29, 0.717) is 29.5 Å². The van der Waals surface area contributed by atoms with E-state index in [0.717, 1.165) is 36.7 Å². The van der Waals surface area contributed by atoms with Gasteiger partial charge in [0.2, 0.25) is 0 Å². The smallest absolute Gasteiger partial charge is 0.157 e. The minimum atomic E-state index is 0.0729. The van der Waals surface area contributed by atoms with Gasteiger partial charge in [0.25, 0.3) is 0 Å². The van der Waals surface area contributed by atoms with Crippen LogP contribution in [0.2, 0.25) is 0 Å². The summed E-state index contributed by atoms with van der Waals surface area (Å²) in [7, 11) is 0. The lowest BCUT2D eigenvalue weighted by Gasteiger charge is -2.61. The summed E-state index contributed by atoms with van der Waals surface area (Å²) in [6, 6.07) is 0. The molecule has 0 amide bonds. The van der Waals surface area contributed by atoms with Gasteiger partial charge in [-0.15, -0.1) is 0 Å². The predicted molar refractivity (Wildman–Crippen MR) is 111 cm³/mol. The maximum atomic E-state index is 9.94. The van der Waals surface area contributed by atoms with Crippen LogP contribution >= 0.6 is 0 Å². The maximum Gasteiger partial charge on any atom is 0.157 e. The molecule has 1 aliphatic heterocycles. The third-order valence-electron chi connectivity index (χ3n) is 10.5. The molecule has 28 heavy (non-hydrogen) atoms. The third kappa shape index (κ3) is 3.10. The van der Waals surface area contributed by atoms with E-state index in [-0.39, 0.29) is 6.29 Å². The van der Waals surface area contributed by atoms with Crippen LogP contribution in [-0.2, 0) is 9.47 Å². The summed E-state index contributed by atoms with van der Waals surface area (Å²) in [6.07, 6.45) is 16.1. The molecule has 4 saturated carbocycles. The molecule has 0 aromatic carbocycles. The average molecular weight is 391 g/mol. The van der Waals surface area contributed by atoms with Gasteiger partial charge in [-0.25, -0.2) is 0 Å². The fourth-order valence-electron chi connectivity index (χ4n) is 8.78. The van der Waals surface area contributed by atoms with E-state index >= 15 is 0 Å². The van der Waals surface area contributed by atoms with Crippen LogP contribution in [-0.4, -0.2) is 30.7 Å². The molecule has 5 rings (SSSR count). The molecular weight excluding hydrogens is 348 g/mol. The normalized spacial score (nSPS) is 53.9. The van der Waals surface area contributed by atoms with Crippen LogP contribution in [0.3, 0.4) is 0 Å². The average Bonchev–Trinajstić information content (AvgIpc) is 3.05. The van der Waals surface area contributed by atoms with Crippen molar-refractivity contribution in [3.63, 3.8) is 0 Å². The second kappa shape index (κ2) is 7.54. The van der Waals surface area contributed by atoms with Gasteiger partial charge in [-0.1, -0.05) is 13.8 Å². The molecule has 1 saturated heterocycles. The topological polar surface area (TPSA) is 38.7 Å². The lowest BCUT2D eigenvalue weighted by atomic mass is 9.44. The zero-order valence-electron chi connectivity index (χ0n) is 18.2. The molecule has 1 heterocycles. The monoisotopic (exact) mass is 390 g/mol. The Bertz CT molecular complexity index is 558. The number of hydrogen-bond donors (Lipinski definition) is 1. The van der Waals surface area contributed by atoms with Crippen LogP contribution in [0.15, 0.2) is 0 Å². The van der Waals surface area contributed by atoms with Gasteiger partial charge in [-0.05, 0) is 117 Å². The molecule has 0 radical (unpaired) electrons. The van der Waals surface area contributed by atoms with Crippen LogP contribution in [0.5, 0.6) is 0 Å². The Morgan fingerprint density at radius 2 is 1.71 bits per heavy atom. The summed E-state index contributed by atoms with van der Waals surface area (Å²) in [5, 5.41) is 9.94. The Morgan fingerprint density at radius 3 is 2.50 bits per heavy atom. The summed E-state index contributed by atoms with van der Waals surface area (Å²) in [6.45, 7) is 6.46. The van der Waals surface area contributed by atoms with Gasteiger partial charge in [0.1, 0.15) is 0 Å². The van der Waals surface area contributed by atoms with Crippen LogP contribution in [0.25, 0.3) is 0 Å². The summed E-state index contributed by atoms with van der Waals surface area (Å²) >= 11 is 0. The Kier molecular flexibility index (Phi) is 5.33. The molecule has 0 aromatic heterocycles. The molecule has 0 unspecified atom stereocenters. The minimum Gasteiger partial charge on any atom is -0.396 e. The SMILES string of the molecule is C[C@]12CC[C@@H](O[C@@H]3CCCCO3)C[C@@H]1CC[C@@H]1[C@@H]2CC[C@]2(C)[C@@H](CO)CC[C@@H]12. The molecule has 0 bridgehead atoms. The minimum absolute atomic E-state index is 0.0729. The van der Waals surface area contributed by atoms with Gasteiger partial charge in [0.15, 0.2) is 6.29 Å². The van der Waals surface area contributed by atoms with Crippen LogP contribution in [0.4, 0.5) is 0 Å². The molecule has 1 N–H and O–H groups in total. The van der Waals surface area contributed by atoms with Crippen LogP contribution in [0.1, 0.15) is 90.9 Å². The highest BCUT2D eigenvalue weighted by Crippen LogP contribution is 2.67. The zero-order chi connectivity index (χ0) is 19.4. The van der Waals surface area contributed by atoms with E-state index in [1.807, 2.05) is 0 Å². The Balaban J connectivity index is 1.27. The van der Waals surface area contributed by atoms with Crippen molar-refractivity contribution >= 4 is 0 Å².